The number of aryl methyl sites for hydroxylation is 1. The van der Waals surface area contributed by atoms with Gasteiger partial charge in [0.2, 0.25) is 5.91 Å². The highest BCUT2D eigenvalue weighted by Gasteiger charge is 2.32. The highest BCUT2D eigenvalue weighted by molar-refractivity contribution is 5.82. The first kappa shape index (κ1) is 15.0. The maximum atomic E-state index is 12.3. The number of benzene rings is 1. The van der Waals surface area contributed by atoms with Crippen molar-refractivity contribution in [3.05, 3.63) is 35.4 Å². The lowest BCUT2D eigenvalue weighted by Gasteiger charge is -2.39. The number of nitrogens with two attached hydrogens (primary N) is 1. The van der Waals surface area contributed by atoms with Crippen molar-refractivity contribution >= 4 is 5.91 Å². The molecule has 0 aromatic heterocycles. The van der Waals surface area contributed by atoms with Crippen LogP contribution in [0.25, 0.3) is 0 Å². The molecule has 1 aliphatic rings. The molecule has 4 nitrogen and oxygen atoms in total. The van der Waals surface area contributed by atoms with Gasteiger partial charge >= 0.3 is 0 Å². The first-order chi connectivity index (χ1) is 9.54. The Morgan fingerprint density at radius 2 is 2.20 bits per heavy atom. The third-order valence-electron chi connectivity index (χ3n) is 4.01. The van der Waals surface area contributed by atoms with Crippen LogP contribution in [0, 0.1) is 6.92 Å². The molecule has 1 fully saturated rings. The summed E-state index contributed by atoms with van der Waals surface area (Å²) in [6.45, 7) is 7.15. The monoisotopic (exact) mass is 276 g/mol. The molecule has 1 aromatic rings. The quantitative estimate of drug-likeness (QED) is 0.919. The van der Waals surface area contributed by atoms with Crippen molar-refractivity contribution in [1.29, 1.82) is 0 Å². The fourth-order valence-electron chi connectivity index (χ4n) is 2.59. The second kappa shape index (κ2) is 6.37. The number of ether oxygens (including phenoxy) is 1. The molecule has 3 atom stereocenters. The molecule has 1 aliphatic heterocycles. The molecule has 0 bridgehead atoms. The molecule has 1 heterocycles. The van der Waals surface area contributed by atoms with Crippen molar-refractivity contribution in [2.75, 3.05) is 13.2 Å². The van der Waals surface area contributed by atoms with Crippen LogP contribution in [0.4, 0.5) is 0 Å². The summed E-state index contributed by atoms with van der Waals surface area (Å²) in [7, 11) is 0. The SMILES string of the molecule is CC[C@H](N)C(=O)N1CC(c2ccccc2C)OCC1C. The lowest BCUT2D eigenvalue weighted by molar-refractivity contribution is -0.146. The Hall–Kier alpha value is -1.39. The van der Waals surface area contributed by atoms with Gasteiger partial charge in [-0.1, -0.05) is 31.2 Å². The topological polar surface area (TPSA) is 55.6 Å². The predicted molar refractivity (Wildman–Crippen MR) is 79.3 cm³/mol. The molecule has 1 aromatic carbocycles. The number of hydrogen-bond donors (Lipinski definition) is 1. The summed E-state index contributed by atoms with van der Waals surface area (Å²) >= 11 is 0. The second-order valence-corrected chi connectivity index (χ2v) is 5.53. The van der Waals surface area contributed by atoms with E-state index in [1.54, 1.807) is 0 Å². The molecule has 20 heavy (non-hydrogen) atoms. The fraction of sp³-hybridized carbons (Fsp3) is 0.562. The number of carbonyl (C=O) groups is 1. The van der Waals surface area contributed by atoms with E-state index in [2.05, 4.69) is 19.1 Å². The normalized spacial score (nSPS) is 24.5. The Kier molecular flexibility index (Phi) is 4.78. The van der Waals surface area contributed by atoms with Crippen LogP contribution in [-0.4, -0.2) is 36.0 Å². The number of nitrogens with zero attached hydrogens (tertiary/aromatic N) is 1. The summed E-state index contributed by atoms with van der Waals surface area (Å²) in [6.07, 6.45) is 0.609. The van der Waals surface area contributed by atoms with Crippen molar-refractivity contribution in [3.63, 3.8) is 0 Å². The van der Waals surface area contributed by atoms with Gasteiger partial charge in [-0.05, 0) is 31.4 Å². The molecule has 0 saturated carbocycles. The Labute approximate surface area is 120 Å². The maximum absolute atomic E-state index is 12.3. The summed E-state index contributed by atoms with van der Waals surface area (Å²) in [6, 6.07) is 7.83. The van der Waals surface area contributed by atoms with Gasteiger partial charge in [-0.3, -0.25) is 4.79 Å². The van der Waals surface area contributed by atoms with Gasteiger partial charge in [0.05, 0.1) is 25.2 Å². The predicted octanol–water partition coefficient (Wildman–Crippen LogP) is 2.02. The Morgan fingerprint density at radius 1 is 1.50 bits per heavy atom. The molecule has 1 saturated heterocycles. The van der Waals surface area contributed by atoms with Crippen molar-refractivity contribution < 1.29 is 9.53 Å². The van der Waals surface area contributed by atoms with Gasteiger partial charge in [0, 0.05) is 0 Å². The van der Waals surface area contributed by atoms with Gasteiger partial charge < -0.3 is 15.4 Å². The van der Waals surface area contributed by atoms with Crippen LogP contribution in [0.3, 0.4) is 0 Å². The number of carbonyl (C=O) groups excluding carboxylic acids is 1. The molecule has 0 radical (unpaired) electrons. The minimum atomic E-state index is -0.409. The molecule has 110 valence electrons. The lowest BCUT2D eigenvalue weighted by Crippen LogP contribution is -2.53. The highest BCUT2D eigenvalue weighted by atomic mass is 16.5. The molecule has 0 aliphatic carbocycles. The van der Waals surface area contributed by atoms with E-state index < -0.39 is 6.04 Å². The Bertz CT molecular complexity index is 475. The average Bonchev–Trinajstić information content (AvgIpc) is 2.47. The van der Waals surface area contributed by atoms with Crippen molar-refractivity contribution in [2.24, 2.45) is 5.73 Å². The summed E-state index contributed by atoms with van der Waals surface area (Å²) in [5, 5.41) is 0. The van der Waals surface area contributed by atoms with E-state index in [-0.39, 0.29) is 18.1 Å². The summed E-state index contributed by atoms with van der Waals surface area (Å²) < 4.78 is 5.92. The zero-order chi connectivity index (χ0) is 14.7. The van der Waals surface area contributed by atoms with Gasteiger partial charge in [-0.25, -0.2) is 0 Å². The minimum absolute atomic E-state index is 0.0295. The molecule has 2 N–H and O–H groups in total. The Morgan fingerprint density at radius 3 is 2.85 bits per heavy atom. The van der Waals surface area contributed by atoms with Crippen LogP contribution in [0.5, 0.6) is 0 Å². The van der Waals surface area contributed by atoms with E-state index in [1.165, 1.54) is 5.56 Å². The largest absolute Gasteiger partial charge is 0.370 e. The van der Waals surface area contributed by atoms with Crippen molar-refractivity contribution in [3.8, 4) is 0 Å². The van der Waals surface area contributed by atoms with Gasteiger partial charge in [0.15, 0.2) is 0 Å². The van der Waals surface area contributed by atoms with E-state index in [0.29, 0.717) is 19.6 Å². The fourth-order valence-corrected chi connectivity index (χ4v) is 2.59. The van der Waals surface area contributed by atoms with Crippen molar-refractivity contribution in [1.82, 2.24) is 4.90 Å². The van der Waals surface area contributed by atoms with Gasteiger partial charge in [0.25, 0.3) is 0 Å². The van der Waals surface area contributed by atoms with Gasteiger partial charge in [-0.15, -0.1) is 0 Å². The smallest absolute Gasteiger partial charge is 0.239 e. The van der Waals surface area contributed by atoms with Crippen LogP contribution in [0.2, 0.25) is 0 Å². The summed E-state index contributed by atoms with van der Waals surface area (Å²) in [5.74, 6) is 0.0295. The number of amides is 1. The number of hydrogen-bond acceptors (Lipinski definition) is 3. The maximum Gasteiger partial charge on any atom is 0.239 e. The lowest BCUT2D eigenvalue weighted by atomic mass is 10.0. The van der Waals surface area contributed by atoms with E-state index in [4.69, 9.17) is 10.5 Å². The first-order valence-electron chi connectivity index (χ1n) is 7.27. The highest BCUT2D eigenvalue weighted by Crippen LogP contribution is 2.27. The third-order valence-corrected chi connectivity index (χ3v) is 4.01. The van der Waals surface area contributed by atoms with Gasteiger partial charge in [0.1, 0.15) is 6.10 Å². The van der Waals surface area contributed by atoms with Crippen LogP contribution in [0.15, 0.2) is 24.3 Å². The molecule has 2 unspecified atom stereocenters. The van der Waals surface area contributed by atoms with E-state index in [1.807, 2.05) is 30.9 Å². The zero-order valence-electron chi connectivity index (χ0n) is 12.5. The van der Waals surface area contributed by atoms with Crippen molar-refractivity contribution in [2.45, 2.75) is 45.4 Å². The molecule has 0 spiro atoms. The minimum Gasteiger partial charge on any atom is -0.370 e. The van der Waals surface area contributed by atoms with Crippen LogP contribution in [0.1, 0.15) is 37.5 Å². The van der Waals surface area contributed by atoms with Gasteiger partial charge in [-0.2, -0.15) is 0 Å². The first-order valence-corrected chi connectivity index (χ1v) is 7.27. The Balaban J connectivity index is 2.16. The number of rotatable bonds is 3. The average molecular weight is 276 g/mol. The molecule has 2 rings (SSSR count). The molecular formula is C16H24N2O2. The summed E-state index contributed by atoms with van der Waals surface area (Å²) in [5.41, 5.74) is 8.24. The molecular weight excluding hydrogens is 252 g/mol. The van der Waals surface area contributed by atoms with E-state index in [0.717, 1.165) is 5.56 Å². The standard InChI is InChI=1S/C16H24N2O2/c1-4-14(17)16(19)18-9-15(20-10-12(18)3)13-8-6-5-7-11(13)2/h5-8,12,14-15H,4,9-10,17H2,1-3H3/t12?,14-,15?/m0/s1. The van der Waals surface area contributed by atoms with E-state index >= 15 is 0 Å². The third kappa shape index (κ3) is 3.02. The molecule has 1 amide bonds. The number of morpholine rings is 1. The van der Waals surface area contributed by atoms with Crippen LogP contribution in [-0.2, 0) is 9.53 Å². The summed E-state index contributed by atoms with van der Waals surface area (Å²) in [4.78, 5) is 14.2. The van der Waals surface area contributed by atoms with Crippen LogP contribution >= 0.6 is 0 Å². The zero-order valence-corrected chi connectivity index (χ0v) is 12.5. The molecule has 4 heteroatoms. The van der Waals surface area contributed by atoms with E-state index in [9.17, 15) is 4.79 Å². The second-order valence-electron chi connectivity index (χ2n) is 5.53. The van der Waals surface area contributed by atoms with Crippen LogP contribution < -0.4 is 5.73 Å².